The maximum absolute atomic E-state index is 11.9. The molecule has 6 nitrogen and oxygen atoms in total. The van der Waals surface area contributed by atoms with E-state index in [4.69, 9.17) is 16.3 Å². The van der Waals surface area contributed by atoms with Crippen molar-refractivity contribution in [3.05, 3.63) is 86.3 Å². The number of nitrogens with zero attached hydrogens (tertiary/aromatic N) is 4. The van der Waals surface area contributed by atoms with Crippen LogP contribution in [0, 0.1) is 13.8 Å². The van der Waals surface area contributed by atoms with Crippen LogP contribution in [0.4, 0.5) is 5.13 Å². The summed E-state index contributed by atoms with van der Waals surface area (Å²) in [5, 5.41) is 5.83. The monoisotopic (exact) mass is 440 g/mol. The Morgan fingerprint density at radius 3 is 2.60 bits per heavy atom. The highest BCUT2D eigenvalue weighted by atomic mass is 35.5. The fourth-order valence-corrected chi connectivity index (χ4v) is 4.38. The van der Waals surface area contributed by atoms with Crippen molar-refractivity contribution in [2.45, 2.75) is 27.0 Å². The molecule has 0 saturated carbocycles. The molecule has 2 aromatic carbocycles. The van der Waals surface area contributed by atoms with E-state index in [1.54, 1.807) is 0 Å². The summed E-state index contributed by atoms with van der Waals surface area (Å²) in [4.78, 5) is 18.7. The van der Waals surface area contributed by atoms with E-state index in [0.29, 0.717) is 23.1 Å². The van der Waals surface area contributed by atoms with E-state index >= 15 is 0 Å². The molecule has 8 heteroatoms. The van der Waals surface area contributed by atoms with Gasteiger partial charge in [0, 0.05) is 36.4 Å². The lowest BCUT2D eigenvalue weighted by Crippen LogP contribution is -2.18. The predicted octanol–water partition coefficient (Wildman–Crippen LogP) is 4.64. The third-order valence-electron chi connectivity index (χ3n) is 4.76. The summed E-state index contributed by atoms with van der Waals surface area (Å²) in [6, 6.07) is 13.3. The summed E-state index contributed by atoms with van der Waals surface area (Å²) in [5.41, 5.74) is 4.04. The van der Waals surface area contributed by atoms with E-state index in [0.717, 1.165) is 33.1 Å². The van der Waals surface area contributed by atoms with Gasteiger partial charge in [-0.1, -0.05) is 53.3 Å². The van der Waals surface area contributed by atoms with E-state index in [2.05, 4.69) is 22.2 Å². The van der Waals surface area contributed by atoms with Crippen molar-refractivity contribution in [3.8, 4) is 5.75 Å². The van der Waals surface area contributed by atoms with Gasteiger partial charge < -0.3 is 9.64 Å². The third kappa shape index (κ3) is 4.17. The minimum Gasteiger partial charge on any atom is -0.488 e. The molecule has 30 heavy (non-hydrogen) atoms. The average Bonchev–Trinajstić information content (AvgIpc) is 3.15. The predicted molar refractivity (Wildman–Crippen MR) is 121 cm³/mol. The Morgan fingerprint density at radius 1 is 1.17 bits per heavy atom. The summed E-state index contributed by atoms with van der Waals surface area (Å²) < 4.78 is 7.41. The maximum atomic E-state index is 11.9. The summed E-state index contributed by atoms with van der Waals surface area (Å²) in [7, 11) is 1.95. The van der Waals surface area contributed by atoms with E-state index in [1.807, 2.05) is 50.1 Å². The Hall–Kier alpha value is -2.90. The fourth-order valence-electron chi connectivity index (χ4n) is 3.35. The van der Waals surface area contributed by atoms with E-state index in [9.17, 15) is 4.79 Å². The smallest absolute Gasteiger partial charge is 0.275 e. The van der Waals surface area contributed by atoms with Gasteiger partial charge in [0.1, 0.15) is 12.4 Å². The molecule has 0 aliphatic carbocycles. The number of anilines is 1. The van der Waals surface area contributed by atoms with Gasteiger partial charge >= 0.3 is 0 Å². The average molecular weight is 441 g/mol. The van der Waals surface area contributed by atoms with Gasteiger partial charge in [-0.25, -0.2) is 4.98 Å². The van der Waals surface area contributed by atoms with Crippen molar-refractivity contribution in [2.24, 2.45) is 0 Å². The summed E-state index contributed by atoms with van der Waals surface area (Å²) in [6.45, 7) is 5.16. The second-order valence-electron chi connectivity index (χ2n) is 7.16. The Balaban J connectivity index is 1.51. The van der Waals surface area contributed by atoms with Crippen LogP contribution >= 0.6 is 22.9 Å². The van der Waals surface area contributed by atoms with Crippen molar-refractivity contribution < 1.29 is 4.74 Å². The minimum absolute atomic E-state index is 0.178. The van der Waals surface area contributed by atoms with E-state index in [-0.39, 0.29) is 5.56 Å². The first kappa shape index (κ1) is 20.4. The SMILES string of the molecule is Cc1cc(CN(C)c2nn3c(=O)ccnc3s2)cc(C)c1OCc1ccccc1Cl. The summed E-state index contributed by atoms with van der Waals surface area (Å²) in [6.07, 6.45) is 1.51. The highest BCUT2D eigenvalue weighted by molar-refractivity contribution is 7.20. The molecule has 0 N–H and O–H groups in total. The molecule has 4 rings (SSSR count). The summed E-state index contributed by atoms with van der Waals surface area (Å²) in [5.74, 6) is 0.872. The third-order valence-corrected chi connectivity index (χ3v) is 6.16. The Labute approximate surface area is 183 Å². The number of aryl methyl sites for hydroxylation is 2. The van der Waals surface area contributed by atoms with Crippen LogP contribution in [0.2, 0.25) is 5.02 Å². The highest BCUT2D eigenvalue weighted by Crippen LogP contribution is 2.28. The molecule has 0 amide bonds. The van der Waals surface area contributed by atoms with Gasteiger partial charge in [0.25, 0.3) is 5.56 Å². The lowest BCUT2D eigenvalue weighted by atomic mass is 10.1. The number of aromatic nitrogens is 3. The first-order valence-electron chi connectivity index (χ1n) is 9.44. The van der Waals surface area contributed by atoms with Crippen molar-refractivity contribution in [1.29, 1.82) is 0 Å². The normalized spacial score (nSPS) is 11.1. The first-order chi connectivity index (χ1) is 14.4. The minimum atomic E-state index is -0.178. The number of hydrogen-bond donors (Lipinski definition) is 0. The van der Waals surface area contributed by atoms with E-state index in [1.165, 1.54) is 28.1 Å². The van der Waals surface area contributed by atoms with Crippen LogP contribution in [-0.4, -0.2) is 21.6 Å². The van der Waals surface area contributed by atoms with Gasteiger partial charge in [0.15, 0.2) is 0 Å². The standard InChI is InChI=1S/C22H21ClN4O2S/c1-14-10-16(11-15(2)20(14)29-13-17-6-4-5-7-18(17)23)12-26(3)22-25-27-19(28)8-9-24-21(27)30-22/h4-11H,12-13H2,1-3H3. The van der Waals surface area contributed by atoms with Crippen LogP contribution in [-0.2, 0) is 13.2 Å². The molecule has 4 aromatic rings. The van der Waals surface area contributed by atoms with Gasteiger partial charge in [-0.05, 0) is 36.6 Å². The first-order valence-corrected chi connectivity index (χ1v) is 10.6. The van der Waals surface area contributed by atoms with Crippen LogP contribution in [0.25, 0.3) is 4.96 Å². The van der Waals surface area contributed by atoms with Crippen LogP contribution in [0.1, 0.15) is 22.3 Å². The van der Waals surface area contributed by atoms with Gasteiger partial charge in [0.2, 0.25) is 10.1 Å². The van der Waals surface area contributed by atoms with Crippen LogP contribution in [0.15, 0.2) is 53.5 Å². The second-order valence-corrected chi connectivity index (χ2v) is 8.50. The van der Waals surface area contributed by atoms with Crippen LogP contribution < -0.4 is 15.2 Å². The van der Waals surface area contributed by atoms with Gasteiger partial charge in [-0.15, -0.1) is 5.10 Å². The number of benzene rings is 2. The molecule has 0 fully saturated rings. The largest absolute Gasteiger partial charge is 0.488 e. The molecule has 0 atom stereocenters. The molecule has 0 unspecified atom stereocenters. The lowest BCUT2D eigenvalue weighted by Gasteiger charge is -2.18. The molecule has 0 aliphatic rings. The number of halogens is 1. The van der Waals surface area contributed by atoms with Gasteiger partial charge in [-0.3, -0.25) is 4.79 Å². The zero-order valence-corrected chi connectivity index (χ0v) is 18.5. The molecule has 0 aliphatic heterocycles. The number of fused-ring (bicyclic) bond motifs is 1. The molecule has 0 bridgehead atoms. The zero-order chi connectivity index (χ0) is 21.3. The maximum Gasteiger partial charge on any atom is 0.275 e. The number of hydrogen-bond acceptors (Lipinski definition) is 6. The molecule has 0 radical (unpaired) electrons. The molecular weight excluding hydrogens is 420 g/mol. The number of ether oxygens (including phenoxy) is 1. The topological polar surface area (TPSA) is 59.7 Å². The van der Waals surface area contributed by atoms with Crippen molar-refractivity contribution in [1.82, 2.24) is 14.6 Å². The second kappa shape index (κ2) is 8.45. The molecule has 154 valence electrons. The molecule has 0 saturated heterocycles. The van der Waals surface area contributed by atoms with Crippen molar-refractivity contribution >= 4 is 33.0 Å². The molecular formula is C22H21ClN4O2S. The Bertz CT molecular complexity index is 1240. The van der Waals surface area contributed by atoms with Crippen LogP contribution in [0.5, 0.6) is 5.75 Å². The number of rotatable bonds is 6. The lowest BCUT2D eigenvalue weighted by molar-refractivity contribution is 0.302. The summed E-state index contributed by atoms with van der Waals surface area (Å²) >= 11 is 7.62. The van der Waals surface area contributed by atoms with Gasteiger partial charge in [-0.2, -0.15) is 4.52 Å². The van der Waals surface area contributed by atoms with Gasteiger partial charge in [0.05, 0.1) is 0 Å². The highest BCUT2D eigenvalue weighted by Gasteiger charge is 2.13. The quantitative estimate of drug-likeness (QED) is 0.437. The van der Waals surface area contributed by atoms with Crippen molar-refractivity contribution in [2.75, 3.05) is 11.9 Å². The fraction of sp³-hybridized carbons (Fsp3) is 0.227. The van der Waals surface area contributed by atoms with Crippen molar-refractivity contribution in [3.63, 3.8) is 0 Å². The molecule has 2 heterocycles. The Morgan fingerprint density at radius 2 is 1.90 bits per heavy atom. The molecule has 0 spiro atoms. The van der Waals surface area contributed by atoms with Crippen LogP contribution in [0.3, 0.4) is 0 Å². The molecule has 2 aromatic heterocycles. The zero-order valence-electron chi connectivity index (χ0n) is 16.9. The Kier molecular flexibility index (Phi) is 5.74. The van der Waals surface area contributed by atoms with E-state index < -0.39 is 0 Å².